The van der Waals surface area contributed by atoms with Gasteiger partial charge in [-0.15, -0.1) is 0 Å². The molecule has 0 aliphatic carbocycles. The Hall–Kier alpha value is -2.15. The Balaban J connectivity index is 2.04. The van der Waals surface area contributed by atoms with Gasteiger partial charge in [-0.3, -0.25) is 15.0 Å². The van der Waals surface area contributed by atoms with Crippen molar-refractivity contribution in [2.24, 2.45) is 5.41 Å². The van der Waals surface area contributed by atoms with Crippen LogP contribution in [0.1, 0.15) is 32.8 Å². The van der Waals surface area contributed by atoms with Crippen molar-refractivity contribution < 1.29 is 14.8 Å². The van der Waals surface area contributed by atoms with Crippen LogP contribution in [0.5, 0.6) is 0 Å². The summed E-state index contributed by atoms with van der Waals surface area (Å²) < 4.78 is 0. The van der Waals surface area contributed by atoms with E-state index in [-0.39, 0.29) is 17.1 Å². The standard InChI is InChI=1S/C17H25N3O4/c1-17(2,3)10-15-12-18(8-9-19(15)16(21)22)11-13-4-6-14(7-5-13)20(23)24/h4-7,15H,8-12H2,1-3H3,(H,21,22)/t15-/m1/s1. The van der Waals surface area contributed by atoms with Crippen LogP contribution in [0.3, 0.4) is 0 Å². The van der Waals surface area contributed by atoms with E-state index in [2.05, 4.69) is 25.7 Å². The van der Waals surface area contributed by atoms with Crippen molar-refractivity contribution in [2.75, 3.05) is 19.6 Å². The molecule has 132 valence electrons. The van der Waals surface area contributed by atoms with E-state index in [9.17, 15) is 20.0 Å². The fourth-order valence-electron chi connectivity index (χ4n) is 3.18. The number of hydrogen-bond acceptors (Lipinski definition) is 4. The second-order valence-electron chi connectivity index (χ2n) is 7.55. The van der Waals surface area contributed by atoms with Crippen molar-refractivity contribution in [3.8, 4) is 0 Å². The maximum absolute atomic E-state index is 11.5. The monoisotopic (exact) mass is 335 g/mol. The van der Waals surface area contributed by atoms with Gasteiger partial charge in [0.25, 0.3) is 5.69 Å². The molecule has 0 bridgehead atoms. The second-order valence-corrected chi connectivity index (χ2v) is 7.55. The number of benzene rings is 1. The summed E-state index contributed by atoms with van der Waals surface area (Å²) in [5.41, 5.74) is 1.13. The number of rotatable bonds is 4. The highest BCUT2D eigenvalue weighted by molar-refractivity contribution is 5.65. The lowest BCUT2D eigenvalue weighted by molar-refractivity contribution is -0.384. The molecule has 1 atom stereocenters. The third kappa shape index (κ3) is 4.92. The van der Waals surface area contributed by atoms with E-state index in [4.69, 9.17) is 0 Å². The van der Waals surface area contributed by atoms with Crippen LogP contribution in [0, 0.1) is 15.5 Å². The van der Waals surface area contributed by atoms with Gasteiger partial charge in [-0.25, -0.2) is 4.79 Å². The molecule has 0 radical (unpaired) electrons. The van der Waals surface area contributed by atoms with Gasteiger partial charge in [0.15, 0.2) is 0 Å². The summed E-state index contributed by atoms with van der Waals surface area (Å²) in [6.07, 6.45) is -0.0602. The highest BCUT2D eigenvalue weighted by Gasteiger charge is 2.33. The molecule has 0 spiro atoms. The zero-order valence-corrected chi connectivity index (χ0v) is 14.4. The van der Waals surface area contributed by atoms with Crippen LogP contribution in [0.4, 0.5) is 10.5 Å². The topological polar surface area (TPSA) is 86.9 Å². The first kappa shape index (κ1) is 18.2. The predicted molar refractivity (Wildman–Crippen MR) is 91.0 cm³/mol. The molecule has 0 aromatic heterocycles. The molecule has 1 heterocycles. The smallest absolute Gasteiger partial charge is 0.407 e. The van der Waals surface area contributed by atoms with Gasteiger partial charge in [0, 0.05) is 44.4 Å². The number of carboxylic acid groups (broad SMARTS) is 1. The molecular formula is C17H25N3O4. The Morgan fingerprint density at radius 3 is 2.42 bits per heavy atom. The van der Waals surface area contributed by atoms with Crippen molar-refractivity contribution in [1.29, 1.82) is 0 Å². The van der Waals surface area contributed by atoms with Crippen LogP contribution in [-0.2, 0) is 6.54 Å². The second kappa shape index (κ2) is 7.17. The van der Waals surface area contributed by atoms with Crippen molar-refractivity contribution >= 4 is 11.8 Å². The Morgan fingerprint density at radius 2 is 1.92 bits per heavy atom. The van der Waals surface area contributed by atoms with Gasteiger partial charge in [0.2, 0.25) is 0 Å². The first-order valence-corrected chi connectivity index (χ1v) is 8.11. The van der Waals surface area contributed by atoms with Gasteiger partial charge in [0.1, 0.15) is 0 Å². The molecular weight excluding hydrogens is 310 g/mol. The number of nitrogens with zero attached hydrogens (tertiary/aromatic N) is 3. The largest absolute Gasteiger partial charge is 0.465 e. The highest BCUT2D eigenvalue weighted by atomic mass is 16.6. The first-order valence-electron chi connectivity index (χ1n) is 8.11. The van der Waals surface area contributed by atoms with E-state index >= 15 is 0 Å². The molecule has 0 saturated carbocycles. The number of non-ortho nitro benzene ring substituents is 1. The Labute approximate surface area is 142 Å². The minimum atomic E-state index is -0.862. The van der Waals surface area contributed by atoms with Gasteiger partial charge >= 0.3 is 6.09 Å². The summed E-state index contributed by atoms with van der Waals surface area (Å²) in [7, 11) is 0. The molecule has 1 aromatic rings. The molecule has 1 aliphatic heterocycles. The van der Waals surface area contributed by atoms with Crippen molar-refractivity contribution in [3.05, 3.63) is 39.9 Å². The summed E-state index contributed by atoms with van der Waals surface area (Å²) in [6.45, 7) is 8.85. The van der Waals surface area contributed by atoms with Gasteiger partial charge < -0.3 is 10.0 Å². The highest BCUT2D eigenvalue weighted by Crippen LogP contribution is 2.26. The number of hydrogen-bond donors (Lipinski definition) is 1. The molecule has 7 nitrogen and oxygen atoms in total. The van der Waals surface area contributed by atoms with E-state index in [1.165, 1.54) is 17.0 Å². The van der Waals surface area contributed by atoms with Crippen LogP contribution in [0.2, 0.25) is 0 Å². The Kier molecular flexibility index (Phi) is 5.43. The molecule has 0 unspecified atom stereocenters. The van der Waals surface area contributed by atoms with Gasteiger partial charge in [-0.05, 0) is 17.4 Å². The fraction of sp³-hybridized carbons (Fsp3) is 0.588. The molecule has 1 saturated heterocycles. The van der Waals surface area contributed by atoms with Gasteiger partial charge in [-0.2, -0.15) is 0 Å². The zero-order valence-electron chi connectivity index (χ0n) is 14.4. The quantitative estimate of drug-likeness (QED) is 0.674. The Bertz CT molecular complexity index is 595. The van der Waals surface area contributed by atoms with Crippen LogP contribution in [0.15, 0.2) is 24.3 Å². The lowest BCUT2D eigenvalue weighted by Crippen LogP contribution is -2.55. The van der Waals surface area contributed by atoms with E-state index in [0.717, 1.165) is 12.0 Å². The molecule has 24 heavy (non-hydrogen) atoms. The molecule has 1 fully saturated rings. The first-order chi connectivity index (χ1) is 11.2. The molecule has 1 amide bonds. The Morgan fingerprint density at radius 1 is 1.29 bits per heavy atom. The van der Waals surface area contributed by atoms with Crippen LogP contribution >= 0.6 is 0 Å². The molecule has 1 aromatic carbocycles. The molecule has 7 heteroatoms. The lowest BCUT2D eigenvalue weighted by Gasteiger charge is -2.42. The van der Waals surface area contributed by atoms with Crippen LogP contribution in [0.25, 0.3) is 0 Å². The van der Waals surface area contributed by atoms with Gasteiger partial charge in [-0.1, -0.05) is 32.9 Å². The summed E-state index contributed by atoms with van der Waals surface area (Å²) in [4.78, 5) is 25.5. The predicted octanol–water partition coefficient (Wildman–Crippen LogP) is 3.20. The third-order valence-corrected chi connectivity index (χ3v) is 4.21. The number of carbonyl (C=O) groups is 1. The van der Waals surface area contributed by atoms with E-state index < -0.39 is 11.0 Å². The average molecular weight is 335 g/mol. The maximum Gasteiger partial charge on any atom is 0.407 e. The number of amides is 1. The van der Waals surface area contributed by atoms with Crippen molar-refractivity contribution in [1.82, 2.24) is 9.80 Å². The van der Waals surface area contributed by atoms with Crippen LogP contribution in [-0.4, -0.2) is 51.6 Å². The molecule has 1 N–H and O–H groups in total. The minimum absolute atomic E-state index is 0.0331. The van der Waals surface area contributed by atoms with E-state index in [1.54, 1.807) is 12.1 Å². The molecule has 1 aliphatic rings. The van der Waals surface area contributed by atoms with Gasteiger partial charge in [0.05, 0.1) is 4.92 Å². The SMILES string of the molecule is CC(C)(C)C[C@@H]1CN(Cc2ccc([N+](=O)[O-])cc2)CCN1C(=O)O. The summed E-state index contributed by atoms with van der Waals surface area (Å²) in [6, 6.07) is 6.51. The zero-order chi connectivity index (χ0) is 17.9. The minimum Gasteiger partial charge on any atom is -0.465 e. The summed E-state index contributed by atoms with van der Waals surface area (Å²) in [5, 5.41) is 20.1. The normalized spacial score (nSPS) is 19.3. The molecule has 2 rings (SSSR count). The lowest BCUT2D eigenvalue weighted by atomic mass is 9.86. The third-order valence-electron chi connectivity index (χ3n) is 4.21. The number of piperazine rings is 1. The van der Waals surface area contributed by atoms with E-state index in [1.807, 2.05) is 0 Å². The number of nitro groups is 1. The van der Waals surface area contributed by atoms with Crippen molar-refractivity contribution in [3.63, 3.8) is 0 Å². The van der Waals surface area contributed by atoms with E-state index in [0.29, 0.717) is 26.2 Å². The fourth-order valence-corrected chi connectivity index (χ4v) is 3.18. The van der Waals surface area contributed by atoms with Crippen LogP contribution < -0.4 is 0 Å². The average Bonchev–Trinajstić information content (AvgIpc) is 2.46. The van der Waals surface area contributed by atoms with Crippen molar-refractivity contribution in [2.45, 2.75) is 39.8 Å². The summed E-state index contributed by atoms with van der Waals surface area (Å²) >= 11 is 0. The summed E-state index contributed by atoms with van der Waals surface area (Å²) in [5.74, 6) is 0. The maximum atomic E-state index is 11.5. The number of nitro benzene ring substituents is 1.